The molecule has 1 aliphatic carbocycles. The number of hydrogen-bond donors (Lipinski definition) is 3. The van der Waals surface area contributed by atoms with Crippen LogP contribution in [0.5, 0.6) is 0 Å². The van der Waals surface area contributed by atoms with Crippen LogP contribution in [-0.4, -0.2) is 32.1 Å². The van der Waals surface area contributed by atoms with Crippen molar-refractivity contribution < 1.29 is 10.0 Å². The van der Waals surface area contributed by atoms with E-state index in [1.165, 1.54) is 0 Å². The quantitative estimate of drug-likeness (QED) is 0.482. The lowest BCUT2D eigenvalue weighted by atomic mass is 10.3. The Morgan fingerprint density at radius 1 is 1.69 bits per heavy atom. The molecule has 4 N–H and O–H groups in total. The van der Waals surface area contributed by atoms with Crippen LogP contribution in [0.2, 0.25) is 0 Å². The highest BCUT2D eigenvalue weighted by atomic mass is 16.6. The summed E-state index contributed by atoms with van der Waals surface area (Å²) >= 11 is 0. The van der Waals surface area contributed by atoms with Gasteiger partial charge in [0, 0.05) is 0 Å². The Morgan fingerprint density at radius 3 is 2.88 bits per heavy atom. The molecule has 1 aromatic rings. The van der Waals surface area contributed by atoms with E-state index in [4.69, 9.17) is 10.8 Å². The number of nitrogens with two attached hydrogens (primary N) is 1. The highest BCUT2D eigenvalue weighted by Crippen LogP contribution is 2.39. The van der Waals surface area contributed by atoms with E-state index in [-0.39, 0.29) is 24.1 Å². The Hall–Kier alpha value is -1.96. The van der Waals surface area contributed by atoms with Gasteiger partial charge in [0.15, 0.2) is 0 Å². The molecule has 1 aliphatic rings. The Labute approximate surface area is 90.7 Å². The first kappa shape index (κ1) is 10.6. The molecule has 0 saturated heterocycles. The second-order valence-corrected chi connectivity index (χ2v) is 3.78. The van der Waals surface area contributed by atoms with Gasteiger partial charge in [-0.2, -0.15) is 4.98 Å². The molecule has 1 fully saturated rings. The fraction of sp³-hybridized carbons (Fsp3) is 0.500. The maximum atomic E-state index is 10.7. The van der Waals surface area contributed by atoms with E-state index < -0.39 is 10.5 Å². The average molecular weight is 225 g/mol. The average Bonchev–Trinajstić information content (AvgIpc) is 2.98. The van der Waals surface area contributed by atoms with Crippen molar-refractivity contribution in [1.82, 2.24) is 9.97 Å². The summed E-state index contributed by atoms with van der Waals surface area (Å²) in [6, 6.07) is 0. The summed E-state index contributed by atoms with van der Waals surface area (Å²) in [5.74, 6) is 0.0193. The number of hydrogen-bond acceptors (Lipinski definition) is 7. The van der Waals surface area contributed by atoms with Crippen LogP contribution in [0.15, 0.2) is 6.20 Å². The summed E-state index contributed by atoms with van der Waals surface area (Å²) in [4.78, 5) is 17.5. The number of anilines is 2. The van der Waals surface area contributed by atoms with Crippen molar-refractivity contribution in [1.29, 1.82) is 0 Å². The van der Waals surface area contributed by atoms with Gasteiger partial charge in [-0.1, -0.05) is 0 Å². The third kappa shape index (κ3) is 1.87. The number of aromatic nitrogens is 2. The Morgan fingerprint density at radius 2 is 2.38 bits per heavy atom. The van der Waals surface area contributed by atoms with Crippen LogP contribution in [-0.2, 0) is 0 Å². The van der Waals surface area contributed by atoms with Crippen molar-refractivity contribution in [2.45, 2.75) is 18.4 Å². The SMILES string of the molecule is Nc1ncc([N+](=O)[O-])c(NC2(CO)CC2)n1. The molecule has 0 radical (unpaired) electrons. The minimum atomic E-state index is -0.588. The topological polar surface area (TPSA) is 127 Å². The Bertz CT molecular complexity index is 432. The summed E-state index contributed by atoms with van der Waals surface area (Å²) in [5.41, 5.74) is 4.64. The monoisotopic (exact) mass is 225 g/mol. The maximum absolute atomic E-state index is 10.7. The van der Waals surface area contributed by atoms with E-state index in [0.29, 0.717) is 0 Å². The molecule has 0 aromatic carbocycles. The summed E-state index contributed by atoms with van der Waals surface area (Å²) in [7, 11) is 0. The van der Waals surface area contributed by atoms with E-state index in [1.807, 2.05) is 0 Å². The fourth-order valence-corrected chi connectivity index (χ4v) is 1.34. The van der Waals surface area contributed by atoms with E-state index >= 15 is 0 Å². The van der Waals surface area contributed by atoms with Crippen molar-refractivity contribution >= 4 is 17.5 Å². The predicted molar refractivity (Wildman–Crippen MR) is 55.8 cm³/mol. The number of nitrogens with one attached hydrogen (secondary N) is 1. The van der Waals surface area contributed by atoms with Crippen LogP contribution in [0, 0.1) is 10.1 Å². The number of rotatable bonds is 4. The normalized spacial score (nSPS) is 16.8. The first-order valence-electron chi connectivity index (χ1n) is 4.72. The molecule has 0 aliphatic heterocycles. The lowest BCUT2D eigenvalue weighted by Crippen LogP contribution is -2.27. The zero-order chi connectivity index (χ0) is 11.8. The summed E-state index contributed by atoms with van der Waals surface area (Å²) in [6.45, 7) is -0.0892. The fourth-order valence-electron chi connectivity index (χ4n) is 1.34. The molecule has 0 spiro atoms. The van der Waals surface area contributed by atoms with Crippen LogP contribution in [0.1, 0.15) is 12.8 Å². The smallest absolute Gasteiger partial charge is 0.329 e. The van der Waals surface area contributed by atoms with Gasteiger partial charge >= 0.3 is 5.69 Å². The zero-order valence-electron chi connectivity index (χ0n) is 8.38. The van der Waals surface area contributed by atoms with Crippen LogP contribution in [0.25, 0.3) is 0 Å². The molecule has 0 amide bonds. The largest absolute Gasteiger partial charge is 0.394 e. The number of aliphatic hydroxyl groups is 1. The lowest BCUT2D eigenvalue weighted by molar-refractivity contribution is -0.384. The van der Waals surface area contributed by atoms with Gasteiger partial charge in [-0.15, -0.1) is 0 Å². The standard InChI is InChI=1S/C8H11N5O3/c9-7-10-3-5(13(15)16)6(11-7)12-8(4-14)1-2-8/h3,14H,1-2,4H2,(H3,9,10,11,12). The van der Waals surface area contributed by atoms with Crippen molar-refractivity contribution in [2.24, 2.45) is 0 Å². The van der Waals surface area contributed by atoms with Crippen molar-refractivity contribution in [2.75, 3.05) is 17.7 Å². The number of nitro groups is 1. The molecular formula is C8H11N5O3. The Balaban J connectivity index is 2.31. The third-order valence-electron chi connectivity index (χ3n) is 2.52. The van der Waals surface area contributed by atoms with E-state index in [2.05, 4.69) is 15.3 Å². The van der Waals surface area contributed by atoms with Crippen molar-refractivity contribution in [3.8, 4) is 0 Å². The molecule has 1 heterocycles. The molecule has 1 aromatic heterocycles. The van der Waals surface area contributed by atoms with Gasteiger partial charge in [-0.25, -0.2) is 4.98 Å². The summed E-state index contributed by atoms with van der Waals surface area (Å²) in [5, 5.41) is 22.7. The molecule has 86 valence electrons. The zero-order valence-corrected chi connectivity index (χ0v) is 8.38. The van der Waals surface area contributed by atoms with Gasteiger partial charge < -0.3 is 16.2 Å². The van der Waals surface area contributed by atoms with E-state index in [0.717, 1.165) is 19.0 Å². The van der Waals surface area contributed by atoms with Crippen LogP contribution in [0.4, 0.5) is 17.5 Å². The van der Waals surface area contributed by atoms with Gasteiger partial charge in [-0.3, -0.25) is 10.1 Å². The van der Waals surface area contributed by atoms with Crippen molar-refractivity contribution in [3.63, 3.8) is 0 Å². The highest BCUT2D eigenvalue weighted by Gasteiger charge is 2.43. The first-order chi connectivity index (χ1) is 7.56. The number of nitrogen functional groups attached to an aromatic ring is 1. The summed E-state index contributed by atoms with van der Waals surface area (Å²) < 4.78 is 0. The van der Waals surface area contributed by atoms with Gasteiger partial charge in [-0.05, 0) is 12.8 Å². The first-order valence-corrected chi connectivity index (χ1v) is 4.72. The molecular weight excluding hydrogens is 214 g/mol. The van der Waals surface area contributed by atoms with Gasteiger partial charge in [0.1, 0.15) is 6.20 Å². The molecule has 16 heavy (non-hydrogen) atoms. The molecule has 0 unspecified atom stereocenters. The maximum Gasteiger partial charge on any atom is 0.329 e. The molecule has 1 saturated carbocycles. The molecule has 0 bridgehead atoms. The van der Waals surface area contributed by atoms with Crippen LogP contribution < -0.4 is 11.1 Å². The minimum absolute atomic E-state index is 0.0400. The van der Waals surface area contributed by atoms with Gasteiger partial charge in [0.25, 0.3) is 0 Å². The lowest BCUT2D eigenvalue weighted by Gasteiger charge is -2.14. The second kappa shape index (κ2) is 3.56. The third-order valence-corrected chi connectivity index (χ3v) is 2.52. The number of aliphatic hydroxyl groups excluding tert-OH is 1. The van der Waals surface area contributed by atoms with E-state index in [1.54, 1.807) is 0 Å². The Kier molecular flexibility index (Phi) is 2.35. The van der Waals surface area contributed by atoms with Crippen LogP contribution >= 0.6 is 0 Å². The van der Waals surface area contributed by atoms with Gasteiger partial charge in [0.05, 0.1) is 17.1 Å². The van der Waals surface area contributed by atoms with Gasteiger partial charge in [0.2, 0.25) is 11.8 Å². The molecule has 8 nitrogen and oxygen atoms in total. The number of nitrogens with zero attached hydrogens (tertiary/aromatic N) is 3. The van der Waals surface area contributed by atoms with Crippen molar-refractivity contribution in [3.05, 3.63) is 16.3 Å². The minimum Gasteiger partial charge on any atom is -0.394 e. The molecule has 2 rings (SSSR count). The van der Waals surface area contributed by atoms with E-state index in [9.17, 15) is 10.1 Å². The van der Waals surface area contributed by atoms with Crippen LogP contribution in [0.3, 0.4) is 0 Å². The molecule has 8 heteroatoms. The highest BCUT2D eigenvalue weighted by molar-refractivity contribution is 5.58. The summed E-state index contributed by atoms with van der Waals surface area (Å²) in [6.07, 6.45) is 2.56. The predicted octanol–water partition coefficient (Wildman–Crippen LogP) is -0.0962. The molecule has 0 atom stereocenters. The second-order valence-electron chi connectivity index (χ2n) is 3.78.